The Balaban J connectivity index is 2.46. The number of anilines is 1. The van der Waals surface area contributed by atoms with Gasteiger partial charge in [-0.3, -0.25) is 9.59 Å². The summed E-state index contributed by atoms with van der Waals surface area (Å²) < 4.78 is 18.4. The van der Waals surface area contributed by atoms with Crippen LogP contribution in [0.2, 0.25) is 0 Å². The Morgan fingerprint density at radius 2 is 2.19 bits per heavy atom. The van der Waals surface area contributed by atoms with E-state index in [-0.39, 0.29) is 18.0 Å². The molecule has 2 rings (SSSR count). The van der Waals surface area contributed by atoms with Crippen molar-refractivity contribution < 1.29 is 18.7 Å². The van der Waals surface area contributed by atoms with Crippen LogP contribution in [0.25, 0.3) is 0 Å². The van der Waals surface area contributed by atoms with E-state index in [1.807, 2.05) is 0 Å². The van der Waals surface area contributed by atoms with Crippen LogP contribution in [0.5, 0.6) is 5.75 Å². The largest absolute Gasteiger partial charge is 0.426 e. The van der Waals surface area contributed by atoms with E-state index in [1.54, 1.807) is 0 Å². The molecule has 16 heavy (non-hydrogen) atoms. The zero-order valence-electron chi connectivity index (χ0n) is 8.67. The molecule has 1 heterocycles. The first-order valence-electron chi connectivity index (χ1n) is 4.87. The first-order valence-corrected chi connectivity index (χ1v) is 4.87. The molecule has 1 aromatic rings. The molecule has 1 aliphatic rings. The fourth-order valence-corrected chi connectivity index (χ4v) is 1.67. The number of hydrogen-bond acceptors (Lipinski definition) is 3. The molecule has 84 valence electrons. The molecule has 1 amide bonds. The van der Waals surface area contributed by atoms with Crippen LogP contribution in [0.15, 0.2) is 12.1 Å². The minimum Gasteiger partial charge on any atom is -0.426 e. The molecule has 1 aliphatic heterocycles. The van der Waals surface area contributed by atoms with E-state index < -0.39 is 11.8 Å². The van der Waals surface area contributed by atoms with Crippen LogP contribution in [0.4, 0.5) is 10.1 Å². The fraction of sp³-hybridized carbons (Fsp3) is 0.273. The highest BCUT2D eigenvalue weighted by Gasteiger charge is 2.22. The number of carbonyl (C=O) groups excluding carboxylic acids is 2. The van der Waals surface area contributed by atoms with Gasteiger partial charge in [0.15, 0.2) is 0 Å². The number of fused-ring (bicyclic) bond motifs is 1. The maximum Gasteiger partial charge on any atom is 0.308 e. The van der Waals surface area contributed by atoms with Crippen molar-refractivity contribution in [3.05, 3.63) is 23.5 Å². The lowest BCUT2D eigenvalue weighted by atomic mass is 10.0. The van der Waals surface area contributed by atoms with Gasteiger partial charge in [0.05, 0.1) is 5.69 Å². The van der Waals surface area contributed by atoms with Crippen molar-refractivity contribution in [2.45, 2.75) is 19.8 Å². The van der Waals surface area contributed by atoms with Crippen molar-refractivity contribution in [1.82, 2.24) is 0 Å². The molecule has 0 radical (unpaired) electrons. The number of halogens is 1. The number of ether oxygens (including phenoxy) is 1. The summed E-state index contributed by atoms with van der Waals surface area (Å²) in [7, 11) is 0. The molecule has 0 spiro atoms. The van der Waals surface area contributed by atoms with Gasteiger partial charge in [-0.1, -0.05) is 0 Å². The number of esters is 1. The number of hydrogen-bond donors (Lipinski definition) is 1. The molecular weight excluding hydrogens is 213 g/mol. The van der Waals surface area contributed by atoms with Gasteiger partial charge in [-0.05, 0) is 18.6 Å². The smallest absolute Gasteiger partial charge is 0.308 e. The second-order valence-corrected chi connectivity index (χ2v) is 3.54. The molecular formula is C11H10FNO3. The Morgan fingerprint density at radius 3 is 2.88 bits per heavy atom. The summed E-state index contributed by atoms with van der Waals surface area (Å²) in [5.74, 6) is -0.903. The van der Waals surface area contributed by atoms with Crippen LogP contribution in [0, 0.1) is 5.82 Å². The van der Waals surface area contributed by atoms with Crippen molar-refractivity contribution in [2.75, 3.05) is 5.32 Å². The topological polar surface area (TPSA) is 55.4 Å². The maximum atomic E-state index is 13.4. The van der Waals surface area contributed by atoms with Crippen LogP contribution in [-0.4, -0.2) is 11.9 Å². The lowest BCUT2D eigenvalue weighted by Crippen LogP contribution is -2.21. The van der Waals surface area contributed by atoms with Crippen molar-refractivity contribution in [3.8, 4) is 5.75 Å². The normalized spacial score (nSPS) is 14.0. The van der Waals surface area contributed by atoms with E-state index in [4.69, 9.17) is 4.74 Å². The van der Waals surface area contributed by atoms with Crippen molar-refractivity contribution in [2.24, 2.45) is 0 Å². The van der Waals surface area contributed by atoms with Crippen LogP contribution in [0.3, 0.4) is 0 Å². The van der Waals surface area contributed by atoms with Crippen LogP contribution < -0.4 is 10.1 Å². The predicted octanol–water partition coefficient (Wildman–Crippen LogP) is 1.64. The predicted molar refractivity (Wildman–Crippen MR) is 54.7 cm³/mol. The molecule has 0 unspecified atom stereocenters. The van der Waals surface area contributed by atoms with Crippen molar-refractivity contribution >= 4 is 17.6 Å². The summed E-state index contributed by atoms with van der Waals surface area (Å²) in [6.45, 7) is 1.27. The highest BCUT2D eigenvalue weighted by molar-refractivity contribution is 5.94. The van der Waals surface area contributed by atoms with E-state index in [0.29, 0.717) is 17.7 Å². The summed E-state index contributed by atoms with van der Waals surface area (Å²) in [5, 5.41) is 2.44. The quantitative estimate of drug-likeness (QED) is 0.581. The number of carbonyl (C=O) groups is 2. The lowest BCUT2D eigenvalue weighted by Gasteiger charge is -2.19. The van der Waals surface area contributed by atoms with Crippen LogP contribution in [0.1, 0.15) is 18.9 Å². The molecule has 0 fully saturated rings. The molecule has 1 aromatic carbocycles. The SMILES string of the molecule is CC(=O)Oc1ccc(F)c2c1CCC(=O)N2. The Kier molecular flexibility index (Phi) is 2.60. The molecule has 0 aromatic heterocycles. The van der Waals surface area contributed by atoms with Gasteiger partial charge in [-0.2, -0.15) is 0 Å². The average Bonchev–Trinajstić information content (AvgIpc) is 2.22. The molecule has 4 nitrogen and oxygen atoms in total. The van der Waals surface area contributed by atoms with Gasteiger partial charge in [0, 0.05) is 18.9 Å². The number of rotatable bonds is 1. The zero-order valence-corrected chi connectivity index (χ0v) is 8.67. The summed E-state index contributed by atoms with van der Waals surface area (Å²) in [5.41, 5.74) is 0.657. The second kappa shape index (κ2) is 3.92. The second-order valence-electron chi connectivity index (χ2n) is 3.54. The summed E-state index contributed by atoms with van der Waals surface area (Å²) >= 11 is 0. The van der Waals surface area contributed by atoms with E-state index in [1.165, 1.54) is 19.1 Å². The third kappa shape index (κ3) is 1.88. The van der Waals surface area contributed by atoms with Crippen molar-refractivity contribution in [1.29, 1.82) is 0 Å². The highest BCUT2D eigenvalue weighted by Crippen LogP contribution is 2.33. The van der Waals surface area contributed by atoms with Gasteiger partial charge >= 0.3 is 5.97 Å². The van der Waals surface area contributed by atoms with Gasteiger partial charge < -0.3 is 10.1 Å². The Hall–Kier alpha value is -1.91. The van der Waals surface area contributed by atoms with E-state index in [2.05, 4.69) is 5.32 Å². The molecule has 0 atom stereocenters. The summed E-state index contributed by atoms with van der Waals surface area (Å²) in [6.07, 6.45) is 0.645. The molecule has 1 N–H and O–H groups in total. The van der Waals surface area contributed by atoms with Crippen LogP contribution >= 0.6 is 0 Å². The summed E-state index contributed by atoms with van der Waals surface area (Å²) in [4.78, 5) is 22.0. The first-order chi connectivity index (χ1) is 7.58. The number of nitrogens with one attached hydrogen (secondary N) is 1. The molecule has 0 aliphatic carbocycles. The van der Waals surface area contributed by atoms with Crippen LogP contribution in [-0.2, 0) is 16.0 Å². The monoisotopic (exact) mass is 223 g/mol. The zero-order chi connectivity index (χ0) is 11.7. The van der Waals surface area contributed by atoms with E-state index in [0.717, 1.165) is 0 Å². The van der Waals surface area contributed by atoms with Gasteiger partial charge in [-0.15, -0.1) is 0 Å². The molecule has 0 saturated heterocycles. The van der Waals surface area contributed by atoms with Gasteiger partial charge in [0.1, 0.15) is 11.6 Å². The minimum absolute atomic E-state index is 0.120. The third-order valence-electron chi connectivity index (χ3n) is 2.34. The maximum absolute atomic E-state index is 13.4. The van der Waals surface area contributed by atoms with Gasteiger partial charge in [0.25, 0.3) is 0 Å². The number of benzene rings is 1. The van der Waals surface area contributed by atoms with E-state index in [9.17, 15) is 14.0 Å². The average molecular weight is 223 g/mol. The molecule has 5 heteroatoms. The fourth-order valence-electron chi connectivity index (χ4n) is 1.67. The summed E-state index contributed by atoms with van der Waals surface area (Å²) in [6, 6.07) is 2.57. The van der Waals surface area contributed by atoms with Crippen molar-refractivity contribution in [3.63, 3.8) is 0 Å². The Bertz CT molecular complexity index is 471. The first kappa shape index (κ1) is 10.6. The Morgan fingerprint density at radius 1 is 1.44 bits per heavy atom. The highest BCUT2D eigenvalue weighted by atomic mass is 19.1. The number of amides is 1. The standard InChI is InChI=1S/C11H10FNO3/c1-6(14)16-9-4-3-8(12)11-7(9)2-5-10(15)13-11/h3-4H,2,5H2,1H3,(H,13,15). The third-order valence-corrected chi connectivity index (χ3v) is 2.34. The van der Waals surface area contributed by atoms with E-state index >= 15 is 0 Å². The Labute approximate surface area is 91.4 Å². The molecule has 0 saturated carbocycles. The minimum atomic E-state index is -0.515. The van der Waals surface area contributed by atoms with Gasteiger partial charge in [-0.25, -0.2) is 4.39 Å². The lowest BCUT2D eigenvalue weighted by molar-refractivity contribution is -0.131. The van der Waals surface area contributed by atoms with Gasteiger partial charge in [0.2, 0.25) is 5.91 Å². The molecule has 0 bridgehead atoms.